The van der Waals surface area contributed by atoms with Gasteiger partial charge >= 0.3 is 0 Å². The molecular weight excluding hydrogens is 821 g/mol. The van der Waals surface area contributed by atoms with Gasteiger partial charge in [0.25, 0.3) is 0 Å². The summed E-state index contributed by atoms with van der Waals surface area (Å²) >= 11 is 0. The third-order valence-electron chi connectivity index (χ3n) is 13.6. The van der Waals surface area contributed by atoms with E-state index in [0.717, 1.165) is 34.1 Å². The van der Waals surface area contributed by atoms with Gasteiger partial charge in [-0.1, -0.05) is 194 Å². The smallest absolute Gasteiger partial charge is 0.0543 e. The molecule has 0 bridgehead atoms. The molecule has 0 aliphatic rings. The highest BCUT2D eigenvalue weighted by atomic mass is 15.1. The Hall–Kier alpha value is -8.72. The average Bonchev–Trinajstić information content (AvgIpc) is 3.41. The summed E-state index contributed by atoms with van der Waals surface area (Å²) in [6.07, 6.45) is 0. The Kier molecular flexibility index (Phi) is 10.3. The third-order valence-corrected chi connectivity index (χ3v) is 13.6. The zero-order chi connectivity index (χ0) is 45.6. The molecule has 0 fully saturated rings. The molecule has 12 aromatic rings. The van der Waals surface area contributed by atoms with E-state index < -0.39 is 0 Å². The first-order chi connectivity index (χ1) is 33.6. The van der Waals surface area contributed by atoms with Crippen molar-refractivity contribution in [3.05, 3.63) is 266 Å². The highest BCUT2D eigenvalue weighted by Crippen LogP contribution is 2.50. The SMILES string of the molecule is Cc1cc(N(c2ccc(-c3ccccc3)cc2)c2cccc(-c3ccccc3)c2)c2ccc3c(C)cc(N(c4ccc(-c5ccccc5)cc4)c4cccc(-c5ccccc5)c4)c4ccc1c2c34. The van der Waals surface area contributed by atoms with Crippen LogP contribution < -0.4 is 9.80 Å². The predicted molar refractivity (Wildman–Crippen MR) is 291 cm³/mol. The standard InChI is InChI=1S/C66H48N2/c1-45-41-63(67(55-33-29-51(30-34-55)47-17-7-3-8-18-47)57-27-15-25-53(43-57)49-21-11-5-12-22-49)61-40-38-60-46(2)42-64(62-39-37-59(45)65(61)66(60)62)68(56-35-31-52(32-36-56)48-19-9-4-10-20-48)58-28-16-26-54(44-58)50-23-13-6-14-24-50/h3-44H,1-2H3. The fourth-order valence-corrected chi connectivity index (χ4v) is 10.3. The molecular formula is C66H48N2. The van der Waals surface area contributed by atoms with Crippen molar-refractivity contribution >= 4 is 66.4 Å². The summed E-state index contributed by atoms with van der Waals surface area (Å²) in [5.74, 6) is 0. The van der Waals surface area contributed by atoms with Crippen LogP contribution in [0, 0.1) is 13.8 Å². The van der Waals surface area contributed by atoms with Gasteiger partial charge in [0.2, 0.25) is 0 Å². The second-order valence-corrected chi connectivity index (χ2v) is 17.8. The van der Waals surface area contributed by atoms with Crippen LogP contribution in [0.3, 0.4) is 0 Å². The minimum atomic E-state index is 1.10. The number of hydrogen-bond acceptors (Lipinski definition) is 2. The first-order valence-corrected chi connectivity index (χ1v) is 23.5. The molecule has 0 atom stereocenters. The summed E-state index contributed by atoms with van der Waals surface area (Å²) < 4.78 is 0. The zero-order valence-electron chi connectivity index (χ0n) is 38.1. The maximum Gasteiger partial charge on any atom is 0.0543 e. The lowest BCUT2D eigenvalue weighted by Crippen LogP contribution is -2.12. The van der Waals surface area contributed by atoms with Crippen LogP contribution in [0.2, 0.25) is 0 Å². The normalized spacial score (nSPS) is 11.4. The van der Waals surface area contributed by atoms with Gasteiger partial charge in [0.05, 0.1) is 11.4 Å². The molecule has 0 aliphatic carbocycles. The molecule has 0 amide bonds. The number of aryl methyl sites for hydroxylation is 2. The number of anilines is 6. The van der Waals surface area contributed by atoms with Crippen molar-refractivity contribution in [2.45, 2.75) is 13.8 Å². The minimum Gasteiger partial charge on any atom is -0.310 e. The van der Waals surface area contributed by atoms with E-state index in [1.807, 2.05) is 0 Å². The van der Waals surface area contributed by atoms with Crippen LogP contribution in [-0.4, -0.2) is 0 Å². The lowest BCUT2D eigenvalue weighted by atomic mass is 9.88. The van der Waals surface area contributed by atoms with Crippen molar-refractivity contribution in [3.63, 3.8) is 0 Å². The molecule has 0 heterocycles. The highest BCUT2D eigenvalue weighted by molar-refractivity contribution is 6.29. The van der Waals surface area contributed by atoms with Gasteiger partial charge in [-0.05, 0) is 152 Å². The van der Waals surface area contributed by atoms with E-state index >= 15 is 0 Å². The molecule has 68 heavy (non-hydrogen) atoms. The molecule has 2 heteroatoms. The van der Waals surface area contributed by atoms with Gasteiger partial charge in [0.15, 0.2) is 0 Å². The van der Waals surface area contributed by atoms with Crippen LogP contribution in [0.1, 0.15) is 11.1 Å². The third kappa shape index (κ3) is 7.33. The summed E-state index contributed by atoms with van der Waals surface area (Å²) in [6.45, 7) is 4.55. The maximum atomic E-state index is 2.46. The molecule has 0 spiro atoms. The van der Waals surface area contributed by atoms with E-state index in [2.05, 4.69) is 278 Å². The Morgan fingerprint density at radius 2 is 0.515 bits per heavy atom. The Balaban J connectivity index is 1.09. The zero-order valence-corrected chi connectivity index (χ0v) is 38.1. The summed E-state index contributed by atoms with van der Waals surface area (Å²) in [5, 5.41) is 7.51. The topological polar surface area (TPSA) is 6.48 Å². The summed E-state index contributed by atoms with van der Waals surface area (Å²) in [4.78, 5) is 4.92. The maximum absolute atomic E-state index is 2.46. The molecule has 0 saturated heterocycles. The van der Waals surface area contributed by atoms with Crippen LogP contribution in [0.15, 0.2) is 255 Å². The van der Waals surface area contributed by atoms with Gasteiger partial charge in [-0.2, -0.15) is 0 Å². The van der Waals surface area contributed by atoms with E-state index in [-0.39, 0.29) is 0 Å². The number of rotatable bonds is 10. The van der Waals surface area contributed by atoms with Crippen LogP contribution in [-0.2, 0) is 0 Å². The predicted octanol–water partition coefficient (Wildman–Crippen LogP) is 18.8. The number of benzene rings is 12. The second kappa shape index (κ2) is 17.3. The van der Waals surface area contributed by atoms with Gasteiger partial charge < -0.3 is 9.80 Å². The summed E-state index contributed by atoms with van der Waals surface area (Å²) in [5.41, 5.74) is 18.7. The van der Waals surface area contributed by atoms with Gasteiger partial charge in [0.1, 0.15) is 0 Å². The van der Waals surface area contributed by atoms with Gasteiger partial charge in [-0.25, -0.2) is 0 Å². The molecule has 0 N–H and O–H groups in total. The average molecular weight is 869 g/mol. The van der Waals surface area contributed by atoms with Crippen molar-refractivity contribution in [2.75, 3.05) is 9.80 Å². The largest absolute Gasteiger partial charge is 0.310 e. The van der Waals surface area contributed by atoms with Crippen LogP contribution >= 0.6 is 0 Å². The second-order valence-electron chi connectivity index (χ2n) is 17.8. The van der Waals surface area contributed by atoms with E-state index in [1.54, 1.807) is 0 Å². The van der Waals surface area contributed by atoms with E-state index in [1.165, 1.54) is 88.0 Å². The fraction of sp³-hybridized carbons (Fsp3) is 0.0303. The molecule has 0 aromatic heterocycles. The van der Waals surface area contributed by atoms with Gasteiger partial charge in [0, 0.05) is 33.5 Å². The Morgan fingerprint density at radius 1 is 0.221 bits per heavy atom. The molecule has 0 radical (unpaired) electrons. The van der Waals surface area contributed by atoms with E-state index in [9.17, 15) is 0 Å². The Labute approximate surface area is 398 Å². The molecule has 12 rings (SSSR count). The van der Waals surface area contributed by atoms with E-state index in [4.69, 9.17) is 0 Å². The summed E-state index contributed by atoms with van der Waals surface area (Å²) in [6, 6.07) is 93.0. The van der Waals surface area contributed by atoms with Crippen LogP contribution in [0.25, 0.3) is 76.8 Å². The lowest BCUT2D eigenvalue weighted by molar-refractivity contribution is 1.29. The first kappa shape index (κ1) is 40.8. The first-order valence-electron chi connectivity index (χ1n) is 23.5. The van der Waals surface area contributed by atoms with Crippen molar-refractivity contribution in [2.24, 2.45) is 0 Å². The minimum absolute atomic E-state index is 1.10. The molecule has 322 valence electrons. The molecule has 0 aliphatic heterocycles. The Bertz CT molecular complexity index is 3460. The molecule has 0 saturated carbocycles. The van der Waals surface area contributed by atoms with Crippen molar-refractivity contribution in [3.8, 4) is 44.5 Å². The van der Waals surface area contributed by atoms with Crippen molar-refractivity contribution < 1.29 is 0 Å². The highest BCUT2D eigenvalue weighted by Gasteiger charge is 2.24. The fourth-order valence-electron chi connectivity index (χ4n) is 10.3. The molecule has 2 nitrogen and oxygen atoms in total. The Morgan fingerprint density at radius 3 is 0.868 bits per heavy atom. The molecule has 0 unspecified atom stereocenters. The number of nitrogens with zero attached hydrogens (tertiary/aromatic N) is 2. The van der Waals surface area contributed by atoms with E-state index in [0.29, 0.717) is 0 Å². The summed E-state index contributed by atoms with van der Waals surface area (Å²) in [7, 11) is 0. The van der Waals surface area contributed by atoms with Crippen LogP contribution in [0.4, 0.5) is 34.1 Å². The van der Waals surface area contributed by atoms with Crippen molar-refractivity contribution in [1.82, 2.24) is 0 Å². The number of hydrogen-bond donors (Lipinski definition) is 0. The van der Waals surface area contributed by atoms with Crippen LogP contribution in [0.5, 0.6) is 0 Å². The van der Waals surface area contributed by atoms with Gasteiger partial charge in [-0.3, -0.25) is 0 Å². The monoisotopic (exact) mass is 868 g/mol. The van der Waals surface area contributed by atoms with Gasteiger partial charge in [-0.15, -0.1) is 0 Å². The van der Waals surface area contributed by atoms with Crippen molar-refractivity contribution in [1.29, 1.82) is 0 Å². The lowest BCUT2D eigenvalue weighted by Gasteiger charge is -2.31. The quantitative estimate of drug-likeness (QED) is 0.126. The molecule has 12 aromatic carbocycles.